The van der Waals surface area contributed by atoms with Gasteiger partial charge in [-0.3, -0.25) is 4.90 Å². The minimum atomic E-state index is -0.110. The Morgan fingerprint density at radius 3 is 2.77 bits per heavy atom. The molecule has 0 aliphatic carbocycles. The Bertz CT molecular complexity index is 667. The summed E-state index contributed by atoms with van der Waals surface area (Å²) in [6, 6.07) is 3.72. The van der Waals surface area contributed by atoms with Crippen LogP contribution in [0.2, 0.25) is 5.15 Å². The fourth-order valence-electron chi connectivity index (χ4n) is 2.23. The number of pyridine rings is 1. The molecular weight excluding hydrogens is 322 g/mol. The third kappa shape index (κ3) is 4.13. The van der Waals surface area contributed by atoms with Crippen molar-refractivity contribution in [2.75, 3.05) is 7.05 Å². The van der Waals surface area contributed by atoms with Crippen molar-refractivity contribution in [1.82, 2.24) is 24.2 Å². The van der Waals surface area contributed by atoms with Gasteiger partial charge in [-0.2, -0.15) is 5.10 Å². The van der Waals surface area contributed by atoms with Crippen molar-refractivity contribution in [2.24, 2.45) is 0 Å². The zero-order valence-electron chi connectivity index (χ0n) is 12.7. The van der Waals surface area contributed by atoms with E-state index >= 15 is 0 Å². The summed E-state index contributed by atoms with van der Waals surface area (Å²) >= 11 is 11.2. The van der Waals surface area contributed by atoms with Crippen molar-refractivity contribution in [3.8, 4) is 0 Å². The maximum atomic E-state index is 9.40. The molecule has 0 radical (unpaired) electrons. The first-order chi connectivity index (χ1) is 10.5. The van der Waals surface area contributed by atoms with Crippen LogP contribution in [0.5, 0.6) is 0 Å². The zero-order valence-corrected chi connectivity index (χ0v) is 14.3. The molecule has 0 atom stereocenters. The molecule has 0 aliphatic rings. The van der Waals surface area contributed by atoms with Gasteiger partial charge in [0.05, 0.1) is 6.67 Å². The molecule has 22 heavy (non-hydrogen) atoms. The average molecular weight is 342 g/mol. The van der Waals surface area contributed by atoms with Gasteiger partial charge >= 0.3 is 0 Å². The molecule has 0 saturated carbocycles. The molecule has 0 saturated heterocycles. The van der Waals surface area contributed by atoms with Crippen LogP contribution in [0.1, 0.15) is 24.7 Å². The van der Waals surface area contributed by atoms with Gasteiger partial charge in [-0.25, -0.2) is 9.67 Å². The van der Waals surface area contributed by atoms with Gasteiger partial charge in [-0.1, -0.05) is 24.6 Å². The van der Waals surface area contributed by atoms with E-state index in [-0.39, 0.29) is 6.61 Å². The maximum absolute atomic E-state index is 9.40. The van der Waals surface area contributed by atoms with Crippen molar-refractivity contribution < 1.29 is 5.11 Å². The fourth-order valence-corrected chi connectivity index (χ4v) is 2.64. The summed E-state index contributed by atoms with van der Waals surface area (Å²) < 4.78 is 4.25. The highest BCUT2D eigenvalue weighted by Crippen LogP contribution is 2.09. The highest BCUT2D eigenvalue weighted by Gasteiger charge is 2.11. The van der Waals surface area contributed by atoms with Crippen LogP contribution >= 0.6 is 23.8 Å². The van der Waals surface area contributed by atoms with Gasteiger partial charge in [0.25, 0.3) is 0 Å². The highest BCUT2D eigenvalue weighted by atomic mass is 35.5. The molecule has 0 amide bonds. The zero-order chi connectivity index (χ0) is 16.1. The molecule has 8 heteroatoms. The molecule has 2 aromatic heterocycles. The summed E-state index contributed by atoms with van der Waals surface area (Å²) in [6.45, 7) is 3.98. The standard InChI is InChI=1S/C14H20ClN5OS/c1-3-6-19-13(9-21)17-20(14(19)22)10-18(2)8-11-4-5-12(15)16-7-11/h4-5,7,21H,3,6,8-10H2,1-2H3. The lowest BCUT2D eigenvalue weighted by molar-refractivity contribution is 0.238. The number of aliphatic hydroxyl groups excluding tert-OH is 1. The molecule has 2 aromatic rings. The van der Waals surface area contributed by atoms with E-state index in [0.717, 1.165) is 18.5 Å². The molecule has 1 N–H and O–H groups in total. The largest absolute Gasteiger partial charge is 0.388 e. The van der Waals surface area contributed by atoms with Gasteiger partial charge in [-0.15, -0.1) is 0 Å². The number of hydrogen-bond acceptors (Lipinski definition) is 5. The van der Waals surface area contributed by atoms with E-state index in [2.05, 4.69) is 21.9 Å². The molecule has 0 aliphatic heterocycles. The lowest BCUT2D eigenvalue weighted by atomic mass is 10.3. The van der Waals surface area contributed by atoms with Gasteiger partial charge in [0.2, 0.25) is 0 Å². The van der Waals surface area contributed by atoms with E-state index in [0.29, 0.717) is 29.0 Å². The Morgan fingerprint density at radius 2 is 2.18 bits per heavy atom. The van der Waals surface area contributed by atoms with Gasteiger partial charge in [-0.05, 0) is 37.3 Å². The van der Waals surface area contributed by atoms with Crippen molar-refractivity contribution in [3.05, 3.63) is 39.6 Å². The third-order valence-electron chi connectivity index (χ3n) is 3.20. The summed E-state index contributed by atoms with van der Waals surface area (Å²) in [6.07, 6.45) is 2.70. The fraction of sp³-hybridized carbons (Fsp3) is 0.500. The smallest absolute Gasteiger partial charge is 0.199 e. The molecular formula is C14H20ClN5OS. The molecule has 120 valence electrons. The van der Waals surface area contributed by atoms with Crippen LogP contribution in [-0.2, 0) is 26.4 Å². The average Bonchev–Trinajstić information content (AvgIpc) is 2.79. The Kier molecular flexibility index (Phi) is 6.07. The van der Waals surface area contributed by atoms with Crippen LogP contribution in [0.15, 0.2) is 18.3 Å². The van der Waals surface area contributed by atoms with E-state index in [1.807, 2.05) is 17.7 Å². The first-order valence-corrected chi connectivity index (χ1v) is 7.90. The number of rotatable bonds is 7. The van der Waals surface area contributed by atoms with Gasteiger partial charge in [0.15, 0.2) is 10.6 Å². The van der Waals surface area contributed by atoms with Crippen LogP contribution in [0, 0.1) is 4.77 Å². The monoisotopic (exact) mass is 341 g/mol. The van der Waals surface area contributed by atoms with E-state index in [4.69, 9.17) is 23.8 Å². The lowest BCUT2D eigenvalue weighted by Gasteiger charge is -2.16. The van der Waals surface area contributed by atoms with Gasteiger partial charge in [0, 0.05) is 19.3 Å². The van der Waals surface area contributed by atoms with E-state index < -0.39 is 0 Å². The second-order valence-electron chi connectivity index (χ2n) is 5.15. The van der Waals surface area contributed by atoms with Crippen molar-refractivity contribution >= 4 is 23.8 Å². The van der Waals surface area contributed by atoms with Crippen LogP contribution in [0.3, 0.4) is 0 Å². The summed E-state index contributed by atoms with van der Waals surface area (Å²) in [7, 11) is 1.98. The number of hydrogen-bond donors (Lipinski definition) is 1. The quantitative estimate of drug-likeness (QED) is 0.619. The lowest BCUT2D eigenvalue weighted by Crippen LogP contribution is -2.22. The second kappa shape index (κ2) is 7.82. The first kappa shape index (κ1) is 17.1. The molecule has 0 fully saturated rings. The Balaban J connectivity index is 2.09. The number of aromatic nitrogens is 4. The van der Waals surface area contributed by atoms with Crippen molar-refractivity contribution in [3.63, 3.8) is 0 Å². The number of nitrogens with zero attached hydrogens (tertiary/aromatic N) is 5. The molecule has 0 aromatic carbocycles. The molecule has 2 heterocycles. The molecule has 0 spiro atoms. The third-order valence-corrected chi connectivity index (χ3v) is 3.86. The summed E-state index contributed by atoms with van der Waals surface area (Å²) in [5, 5.41) is 14.3. The second-order valence-corrected chi connectivity index (χ2v) is 5.91. The number of halogens is 1. The highest BCUT2D eigenvalue weighted by molar-refractivity contribution is 7.71. The van der Waals surface area contributed by atoms with E-state index in [1.54, 1.807) is 16.9 Å². The predicted octanol–water partition coefficient (Wildman–Crippen LogP) is 2.45. The molecule has 0 bridgehead atoms. The molecule has 6 nitrogen and oxygen atoms in total. The van der Waals surface area contributed by atoms with Crippen LogP contribution in [-0.4, -0.2) is 36.4 Å². The van der Waals surface area contributed by atoms with Crippen LogP contribution < -0.4 is 0 Å². The SMILES string of the molecule is CCCn1c(CO)nn(CN(C)Cc2ccc(Cl)nc2)c1=S. The van der Waals surface area contributed by atoms with E-state index in [9.17, 15) is 5.11 Å². The Morgan fingerprint density at radius 1 is 1.41 bits per heavy atom. The maximum Gasteiger partial charge on any atom is 0.199 e. The van der Waals surface area contributed by atoms with Crippen LogP contribution in [0.25, 0.3) is 0 Å². The Hall–Kier alpha value is -1.28. The molecule has 2 rings (SSSR count). The van der Waals surface area contributed by atoms with Crippen molar-refractivity contribution in [1.29, 1.82) is 0 Å². The molecule has 0 unspecified atom stereocenters. The van der Waals surface area contributed by atoms with Gasteiger partial charge < -0.3 is 9.67 Å². The summed E-state index contributed by atoms with van der Waals surface area (Å²) in [4.78, 5) is 6.15. The van der Waals surface area contributed by atoms with E-state index in [1.165, 1.54) is 0 Å². The first-order valence-electron chi connectivity index (χ1n) is 7.11. The number of aliphatic hydroxyl groups is 1. The topological polar surface area (TPSA) is 59.1 Å². The summed E-state index contributed by atoms with van der Waals surface area (Å²) in [5.41, 5.74) is 1.06. The van der Waals surface area contributed by atoms with Crippen molar-refractivity contribution in [2.45, 2.75) is 39.7 Å². The predicted molar refractivity (Wildman–Crippen MR) is 88.0 cm³/mol. The normalized spacial score (nSPS) is 11.3. The minimum Gasteiger partial charge on any atom is -0.388 e. The van der Waals surface area contributed by atoms with Crippen LogP contribution in [0.4, 0.5) is 0 Å². The summed E-state index contributed by atoms with van der Waals surface area (Å²) in [5.74, 6) is 0.605. The Labute approximate surface area is 140 Å². The minimum absolute atomic E-state index is 0.110. The van der Waals surface area contributed by atoms with Gasteiger partial charge in [0.1, 0.15) is 11.8 Å².